The summed E-state index contributed by atoms with van der Waals surface area (Å²) in [6.45, 7) is 0.119. The molecule has 0 saturated heterocycles. The minimum atomic E-state index is -3.38. The maximum atomic E-state index is 11.5. The van der Waals surface area contributed by atoms with Crippen LogP contribution in [0.1, 0.15) is 18.6 Å². The van der Waals surface area contributed by atoms with E-state index < -0.39 is 16.0 Å². The molecular weight excluding hydrogens is 246 g/mol. The predicted molar refractivity (Wildman–Crippen MR) is 60.6 cm³/mol. The van der Waals surface area contributed by atoms with Crippen molar-refractivity contribution in [1.82, 2.24) is 4.72 Å². The van der Waals surface area contributed by atoms with Gasteiger partial charge in [-0.3, -0.25) is 4.79 Å². The molecule has 0 unspecified atom stereocenters. The van der Waals surface area contributed by atoms with Crippen molar-refractivity contribution in [2.75, 3.05) is 12.9 Å². The molecule has 1 aromatic rings. The van der Waals surface area contributed by atoms with Crippen molar-refractivity contribution < 1.29 is 22.4 Å². The van der Waals surface area contributed by atoms with Crippen LogP contribution in [0.5, 0.6) is 0 Å². The van der Waals surface area contributed by atoms with Gasteiger partial charge in [0.25, 0.3) is 0 Å². The predicted octanol–water partition coefficient (Wildman–Crippen LogP) is 0.652. The largest absolute Gasteiger partial charge is 0.469 e. The van der Waals surface area contributed by atoms with Crippen LogP contribution in [0.4, 0.5) is 0 Å². The lowest BCUT2D eigenvalue weighted by Crippen LogP contribution is -2.26. The Morgan fingerprint density at radius 3 is 2.88 bits per heavy atom. The summed E-state index contributed by atoms with van der Waals surface area (Å²) in [5.74, 6) is 0.0239. The number of rotatable bonds is 7. The van der Waals surface area contributed by atoms with E-state index in [1.54, 1.807) is 12.1 Å². The molecule has 1 N–H and O–H groups in total. The number of esters is 1. The van der Waals surface area contributed by atoms with Gasteiger partial charge >= 0.3 is 5.97 Å². The molecule has 0 bridgehead atoms. The van der Waals surface area contributed by atoms with Crippen LogP contribution in [-0.4, -0.2) is 27.2 Å². The van der Waals surface area contributed by atoms with Crippen LogP contribution in [0.2, 0.25) is 0 Å². The van der Waals surface area contributed by atoms with E-state index in [-0.39, 0.29) is 25.1 Å². The van der Waals surface area contributed by atoms with E-state index >= 15 is 0 Å². The van der Waals surface area contributed by atoms with Crippen LogP contribution in [0.15, 0.2) is 22.8 Å². The second-order valence-electron chi connectivity index (χ2n) is 3.40. The smallest absolute Gasteiger partial charge is 0.305 e. The van der Waals surface area contributed by atoms with Gasteiger partial charge in [0.2, 0.25) is 10.0 Å². The van der Waals surface area contributed by atoms with Gasteiger partial charge < -0.3 is 9.15 Å². The Labute approximate surface area is 100 Å². The normalized spacial score (nSPS) is 11.4. The second-order valence-corrected chi connectivity index (χ2v) is 5.33. The lowest BCUT2D eigenvalue weighted by molar-refractivity contribution is -0.140. The monoisotopic (exact) mass is 261 g/mol. The fourth-order valence-corrected chi connectivity index (χ4v) is 2.21. The van der Waals surface area contributed by atoms with E-state index in [9.17, 15) is 13.2 Å². The van der Waals surface area contributed by atoms with Gasteiger partial charge in [0.05, 0.1) is 25.7 Å². The van der Waals surface area contributed by atoms with Crippen molar-refractivity contribution in [1.29, 1.82) is 0 Å². The van der Waals surface area contributed by atoms with Crippen LogP contribution < -0.4 is 4.72 Å². The molecule has 0 fully saturated rings. The summed E-state index contributed by atoms with van der Waals surface area (Å²) < 4.78 is 34.8. The number of ether oxygens (including phenoxy) is 1. The van der Waals surface area contributed by atoms with Crippen molar-refractivity contribution in [3.63, 3.8) is 0 Å². The second kappa shape index (κ2) is 6.41. The fourth-order valence-electron chi connectivity index (χ4n) is 1.18. The van der Waals surface area contributed by atoms with E-state index in [0.717, 1.165) is 0 Å². The molecule has 1 aromatic heterocycles. The molecular formula is C10H15NO5S. The van der Waals surface area contributed by atoms with Crippen molar-refractivity contribution in [2.24, 2.45) is 0 Å². The van der Waals surface area contributed by atoms with Crippen LogP contribution in [0.3, 0.4) is 0 Å². The standard InChI is InChI=1S/C10H15NO5S/c1-15-10(12)5-3-7-17(13,14)11-8-9-4-2-6-16-9/h2,4,6,11H,3,5,7-8H2,1H3. The Morgan fingerprint density at radius 2 is 2.29 bits per heavy atom. The van der Waals surface area contributed by atoms with E-state index in [1.165, 1.54) is 13.4 Å². The summed E-state index contributed by atoms with van der Waals surface area (Å²) in [5, 5.41) is 0. The quantitative estimate of drug-likeness (QED) is 0.728. The highest BCUT2D eigenvalue weighted by Gasteiger charge is 2.11. The van der Waals surface area contributed by atoms with Crippen LogP contribution in [0.25, 0.3) is 0 Å². The number of furan rings is 1. The molecule has 17 heavy (non-hydrogen) atoms. The van der Waals surface area contributed by atoms with Crippen molar-refractivity contribution >= 4 is 16.0 Å². The molecule has 0 saturated carbocycles. The first-order chi connectivity index (χ1) is 8.03. The number of hydrogen-bond acceptors (Lipinski definition) is 5. The molecule has 0 spiro atoms. The van der Waals surface area contributed by atoms with Gasteiger partial charge in [0.15, 0.2) is 0 Å². The van der Waals surface area contributed by atoms with E-state index in [0.29, 0.717) is 5.76 Å². The minimum Gasteiger partial charge on any atom is -0.469 e. The average molecular weight is 261 g/mol. The summed E-state index contributed by atoms with van der Waals surface area (Å²) in [6, 6.07) is 3.36. The highest BCUT2D eigenvalue weighted by atomic mass is 32.2. The SMILES string of the molecule is COC(=O)CCCS(=O)(=O)NCc1ccco1. The maximum Gasteiger partial charge on any atom is 0.305 e. The Kier molecular flexibility index (Phi) is 5.17. The number of carbonyl (C=O) groups excluding carboxylic acids is 1. The van der Waals surface area contributed by atoms with E-state index in [2.05, 4.69) is 9.46 Å². The summed E-state index contributed by atoms with van der Waals surface area (Å²) in [7, 11) is -2.11. The van der Waals surface area contributed by atoms with E-state index in [4.69, 9.17) is 4.42 Å². The number of nitrogens with one attached hydrogen (secondary N) is 1. The average Bonchev–Trinajstić information content (AvgIpc) is 2.79. The topological polar surface area (TPSA) is 85.6 Å². The Hall–Kier alpha value is -1.34. The first kappa shape index (κ1) is 13.7. The molecule has 0 aliphatic heterocycles. The van der Waals surface area contributed by atoms with Gasteiger partial charge in [-0.25, -0.2) is 13.1 Å². The van der Waals surface area contributed by atoms with Gasteiger partial charge in [-0.1, -0.05) is 0 Å². The molecule has 0 radical (unpaired) electrons. The number of carbonyl (C=O) groups is 1. The maximum absolute atomic E-state index is 11.5. The molecule has 0 amide bonds. The van der Waals surface area contributed by atoms with Gasteiger partial charge in [-0.15, -0.1) is 0 Å². The number of sulfonamides is 1. The number of hydrogen-bond donors (Lipinski definition) is 1. The molecule has 1 rings (SSSR count). The molecule has 0 atom stereocenters. The summed E-state index contributed by atoms with van der Waals surface area (Å²) >= 11 is 0. The van der Waals surface area contributed by atoms with Crippen LogP contribution >= 0.6 is 0 Å². The summed E-state index contributed by atoms with van der Waals surface area (Å²) in [4.78, 5) is 10.8. The van der Waals surface area contributed by atoms with Gasteiger partial charge in [0, 0.05) is 6.42 Å². The third-order valence-corrected chi connectivity index (χ3v) is 3.48. The molecule has 1 heterocycles. The van der Waals surface area contributed by atoms with Crippen molar-refractivity contribution in [3.8, 4) is 0 Å². The highest BCUT2D eigenvalue weighted by molar-refractivity contribution is 7.89. The fraction of sp³-hybridized carbons (Fsp3) is 0.500. The van der Waals surface area contributed by atoms with Crippen LogP contribution in [-0.2, 0) is 26.1 Å². The molecule has 0 aliphatic carbocycles. The number of methoxy groups -OCH3 is 1. The van der Waals surface area contributed by atoms with Gasteiger partial charge in [-0.2, -0.15) is 0 Å². The lowest BCUT2D eigenvalue weighted by Gasteiger charge is -2.04. The Balaban J connectivity index is 2.29. The summed E-state index contributed by atoms with van der Waals surface area (Å²) in [6.07, 6.45) is 1.80. The van der Waals surface area contributed by atoms with Gasteiger partial charge in [0.1, 0.15) is 5.76 Å². The third kappa shape index (κ3) is 5.50. The zero-order valence-electron chi connectivity index (χ0n) is 9.51. The highest BCUT2D eigenvalue weighted by Crippen LogP contribution is 2.01. The molecule has 96 valence electrons. The molecule has 6 nitrogen and oxygen atoms in total. The molecule has 0 aromatic carbocycles. The van der Waals surface area contributed by atoms with Crippen molar-refractivity contribution in [2.45, 2.75) is 19.4 Å². The lowest BCUT2D eigenvalue weighted by atomic mass is 10.3. The first-order valence-electron chi connectivity index (χ1n) is 5.10. The minimum absolute atomic E-state index is 0.0954. The Morgan fingerprint density at radius 1 is 1.53 bits per heavy atom. The van der Waals surface area contributed by atoms with E-state index in [1.807, 2.05) is 0 Å². The summed E-state index contributed by atoms with van der Waals surface area (Å²) in [5.41, 5.74) is 0. The zero-order valence-corrected chi connectivity index (χ0v) is 10.3. The zero-order chi connectivity index (χ0) is 12.7. The third-order valence-electron chi connectivity index (χ3n) is 2.07. The first-order valence-corrected chi connectivity index (χ1v) is 6.75. The van der Waals surface area contributed by atoms with Crippen LogP contribution in [0, 0.1) is 0 Å². The van der Waals surface area contributed by atoms with Crippen molar-refractivity contribution in [3.05, 3.63) is 24.2 Å². The van der Waals surface area contributed by atoms with Gasteiger partial charge in [-0.05, 0) is 18.6 Å². The molecule has 0 aliphatic rings. The molecule has 7 heteroatoms. The Bertz CT molecular complexity index is 437.